The molecule has 0 radical (unpaired) electrons. The predicted octanol–water partition coefficient (Wildman–Crippen LogP) is 1.88. The molecule has 2 N–H and O–H groups in total. The largest absolute Gasteiger partial charge is 0.444 e. The Bertz CT molecular complexity index is 411. The third-order valence-electron chi connectivity index (χ3n) is 2.94. The maximum atomic E-state index is 12.0. The standard InChI is InChI=1S/C15H28N2O5/c1-14(2,3)21-12(19)16-10-7-8-17(9-11(10)18)13(20)22-15(4,5)6/h10-11,18H,7-9H2,1-6H3,(H,16,19)/t10-,11-/m1/s1. The lowest BCUT2D eigenvalue weighted by Crippen LogP contribution is -2.56. The number of aliphatic hydroxyl groups excluding tert-OH is 1. The molecular formula is C15H28N2O5. The van der Waals surface area contributed by atoms with Gasteiger partial charge in [-0.05, 0) is 48.0 Å². The highest BCUT2D eigenvalue weighted by atomic mass is 16.6. The number of nitrogens with one attached hydrogen (secondary N) is 1. The summed E-state index contributed by atoms with van der Waals surface area (Å²) < 4.78 is 10.4. The van der Waals surface area contributed by atoms with E-state index in [0.29, 0.717) is 13.0 Å². The lowest BCUT2D eigenvalue weighted by atomic mass is 10.0. The smallest absolute Gasteiger partial charge is 0.410 e. The van der Waals surface area contributed by atoms with Crippen molar-refractivity contribution in [1.82, 2.24) is 10.2 Å². The van der Waals surface area contributed by atoms with Crippen LogP contribution in [0.5, 0.6) is 0 Å². The van der Waals surface area contributed by atoms with Gasteiger partial charge in [0.1, 0.15) is 11.2 Å². The first-order valence-corrected chi connectivity index (χ1v) is 7.53. The molecule has 0 aromatic rings. The fraction of sp³-hybridized carbons (Fsp3) is 0.867. The van der Waals surface area contributed by atoms with Crippen molar-refractivity contribution in [2.45, 2.75) is 71.3 Å². The van der Waals surface area contributed by atoms with Gasteiger partial charge in [-0.3, -0.25) is 0 Å². The van der Waals surface area contributed by atoms with Crippen molar-refractivity contribution < 1.29 is 24.2 Å². The third kappa shape index (κ3) is 6.51. The van der Waals surface area contributed by atoms with Crippen molar-refractivity contribution in [3.63, 3.8) is 0 Å². The van der Waals surface area contributed by atoms with Crippen LogP contribution in [-0.2, 0) is 9.47 Å². The van der Waals surface area contributed by atoms with E-state index in [1.54, 1.807) is 41.5 Å². The maximum Gasteiger partial charge on any atom is 0.410 e. The van der Waals surface area contributed by atoms with Crippen molar-refractivity contribution >= 4 is 12.2 Å². The first kappa shape index (κ1) is 18.5. The van der Waals surface area contributed by atoms with Crippen LogP contribution in [0.15, 0.2) is 0 Å². The van der Waals surface area contributed by atoms with E-state index >= 15 is 0 Å². The number of ether oxygens (including phenoxy) is 2. The second-order valence-electron chi connectivity index (χ2n) is 7.54. The van der Waals surface area contributed by atoms with Crippen LogP contribution in [-0.4, -0.2) is 58.6 Å². The molecule has 0 saturated carbocycles. The van der Waals surface area contributed by atoms with E-state index in [1.165, 1.54) is 4.90 Å². The van der Waals surface area contributed by atoms with E-state index < -0.39 is 35.5 Å². The summed E-state index contributed by atoms with van der Waals surface area (Å²) in [6, 6.07) is -0.437. The van der Waals surface area contributed by atoms with Gasteiger partial charge in [-0.15, -0.1) is 0 Å². The summed E-state index contributed by atoms with van der Waals surface area (Å²) in [5.74, 6) is 0. The number of aliphatic hydroxyl groups is 1. The summed E-state index contributed by atoms with van der Waals surface area (Å²) in [4.78, 5) is 25.1. The van der Waals surface area contributed by atoms with E-state index in [4.69, 9.17) is 9.47 Å². The molecule has 0 unspecified atom stereocenters. The molecule has 22 heavy (non-hydrogen) atoms. The lowest BCUT2D eigenvalue weighted by Gasteiger charge is -2.37. The SMILES string of the molecule is CC(C)(C)OC(=O)N[C@@H]1CCN(C(=O)OC(C)(C)C)C[C@H]1O. The fourth-order valence-corrected chi connectivity index (χ4v) is 2.05. The van der Waals surface area contributed by atoms with E-state index in [1.807, 2.05) is 0 Å². The number of likely N-dealkylation sites (tertiary alicyclic amines) is 1. The average molecular weight is 316 g/mol. The van der Waals surface area contributed by atoms with Gasteiger partial charge >= 0.3 is 12.2 Å². The van der Waals surface area contributed by atoms with Crippen LogP contribution in [0.3, 0.4) is 0 Å². The summed E-state index contributed by atoms with van der Waals surface area (Å²) in [6.07, 6.45) is -1.43. The molecule has 1 rings (SSSR count). The molecule has 2 amide bonds. The van der Waals surface area contributed by atoms with Crippen LogP contribution >= 0.6 is 0 Å². The molecule has 1 aliphatic heterocycles. The molecule has 1 aliphatic rings. The number of hydrogen-bond donors (Lipinski definition) is 2. The Kier molecular flexibility index (Phi) is 5.67. The van der Waals surface area contributed by atoms with E-state index in [2.05, 4.69) is 5.32 Å². The molecule has 1 fully saturated rings. The second kappa shape index (κ2) is 6.73. The van der Waals surface area contributed by atoms with Crippen LogP contribution in [0.4, 0.5) is 9.59 Å². The van der Waals surface area contributed by atoms with Gasteiger partial charge < -0.3 is 24.8 Å². The molecule has 0 spiro atoms. The first-order chi connectivity index (χ1) is 9.87. The van der Waals surface area contributed by atoms with Crippen LogP contribution in [0.25, 0.3) is 0 Å². The highest BCUT2D eigenvalue weighted by molar-refractivity contribution is 5.69. The molecular weight excluding hydrogens is 288 g/mol. The third-order valence-corrected chi connectivity index (χ3v) is 2.94. The Morgan fingerprint density at radius 2 is 1.64 bits per heavy atom. The van der Waals surface area contributed by atoms with Crippen LogP contribution in [0.2, 0.25) is 0 Å². The number of hydrogen-bond acceptors (Lipinski definition) is 5. The highest BCUT2D eigenvalue weighted by Gasteiger charge is 2.34. The van der Waals surface area contributed by atoms with E-state index in [0.717, 1.165) is 0 Å². The number of carbonyl (C=O) groups excluding carboxylic acids is 2. The number of rotatable bonds is 1. The van der Waals surface area contributed by atoms with Crippen molar-refractivity contribution in [1.29, 1.82) is 0 Å². The van der Waals surface area contributed by atoms with E-state index in [9.17, 15) is 14.7 Å². The predicted molar refractivity (Wildman–Crippen MR) is 81.6 cm³/mol. The van der Waals surface area contributed by atoms with E-state index in [-0.39, 0.29) is 6.54 Å². The van der Waals surface area contributed by atoms with Gasteiger partial charge in [0.05, 0.1) is 18.7 Å². The minimum Gasteiger partial charge on any atom is -0.444 e. The van der Waals surface area contributed by atoms with Crippen molar-refractivity contribution in [2.24, 2.45) is 0 Å². The highest BCUT2D eigenvalue weighted by Crippen LogP contribution is 2.16. The quantitative estimate of drug-likeness (QED) is 0.771. The number of piperidine rings is 1. The Balaban J connectivity index is 2.49. The van der Waals surface area contributed by atoms with Gasteiger partial charge in [0, 0.05) is 6.54 Å². The van der Waals surface area contributed by atoms with Gasteiger partial charge in [-0.25, -0.2) is 9.59 Å². The monoisotopic (exact) mass is 316 g/mol. The van der Waals surface area contributed by atoms with Crippen molar-refractivity contribution in [3.8, 4) is 0 Å². The van der Waals surface area contributed by atoms with Crippen LogP contribution in [0, 0.1) is 0 Å². The Hall–Kier alpha value is -1.50. The molecule has 0 aliphatic carbocycles. The normalized spacial score (nSPS) is 23.0. The summed E-state index contributed by atoms with van der Waals surface area (Å²) >= 11 is 0. The molecule has 0 bridgehead atoms. The number of nitrogens with zero attached hydrogens (tertiary/aromatic N) is 1. The van der Waals surface area contributed by atoms with Gasteiger partial charge in [0.25, 0.3) is 0 Å². The Labute approximate surface area is 131 Å². The second-order valence-corrected chi connectivity index (χ2v) is 7.54. The molecule has 1 heterocycles. The summed E-state index contributed by atoms with van der Waals surface area (Å²) in [6.45, 7) is 11.2. The van der Waals surface area contributed by atoms with Gasteiger partial charge in [-0.1, -0.05) is 0 Å². The molecule has 7 nitrogen and oxygen atoms in total. The van der Waals surface area contributed by atoms with Crippen LogP contribution < -0.4 is 5.32 Å². The van der Waals surface area contributed by atoms with Gasteiger partial charge in [0.15, 0.2) is 0 Å². The number of alkyl carbamates (subject to hydrolysis) is 1. The number of β-amino-alcohol motifs (C(OH)–C–C–N with tert-alkyl or cyclic N) is 1. The summed E-state index contributed by atoms with van der Waals surface area (Å²) in [7, 11) is 0. The van der Waals surface area contributed by atoms with Crippen molar-refractivity contribution in [2.75, 3.05) is 13.1 Å². The van der Waals surface area contributed by atoms with Gasteiger partial charge in [0.2, 0.25) is 0 Å². The Morgan fingerprint density at radius 3 is 2.09 bits per heavy atom. The van der Waals surface area contributed by atoms with Gasteiger partial charge in [-0.2, -0.15) is 0 Å². The number of amides is 2. The maximum absolute atomic E-state index is 12.0. The Morgan fingerprint density at radius 1 is 1.09 bits per heavy atom. The molecule has 0 aromatic heterocycles. The minimum atomic E-state index is -0.853. The average Bonchev–Trinajstić information content (AvgIpc) is 2.26. The zero-order valence-electron chi connectivity index (χ0n) is 14.3. The zero-order chi connectivity index (χ0) is 17.1. The topological polar surface area (TPSA) is 88.1 Å². The number of carbonyl (C=O) groups is 2. The molecule has 7 heteroatoms. The fourth-order valence-electron chi connectivity index (χ4n) is 2.05. The zero-order valence-corrected chi connectivity index (χ0v) is 14.3. The minimum absolute atomic E-state index is 0.120. The molecule has 2 atom stereocenters. The van der Waals surface area contributed by atoms with Crippen LogP contribution in [0.1, 0.15) is 48.0 Å². The molecule has 0 aromatic carbocycles. The summed E-state index contributed by atoms with van der Waals surface area (Å²) in [5, 5.41) is 12.8. The first-order valence-electron chi connectivity index (χ1n) is 7.53. The lowest BCUT2D eigenvalue weighted by molar-refractivity contribution is -0.00728. The summed E-state index contributed by atoms with van der Waals surface area (Å²) in [5.41, 5.74) is -1.17. The van der Waals surface area contributed by atoms with Crippen molar-refractivity contribution in [3.05, 3.63) is 0 Å². The molecule has 128 valence electrons. The molecule has 1 saturated heterocycles.